The summed E-state index contributed by atoms with van der Waals surface area (Å²) in [4.78, 5) is 24.7. The minimum atomic E-state index is -0.750. The molecule has 1 fully saturated rings. The summed E-state index contributed by atoms with van der Waals surface area (Å²) in [6.07, 6.45) is 2.05. The molecular formula is C15H28N2O4. The van der Waals surface area contributed by atoms with Gasteiger partial charge in [0.25, 0.3) is 0 Å². The average Bonchev–Trinajstić information content (AvgIpc) is 2.45. The number of nitrogens with zero attached hydrogens (tertiary/aromatic N) is 1. The number of carboxylic acid groups (broad SMARTS) is 1. The Bertz CT molecular complexity index is 350. The third kappa shape index (κ3) is 6.44. The van der Waals surface area contributed by atoms with Crippen molar-refractivity contribution in [2.75, 3.05) is 39.9 Å². The van der Waals surface area contributed by atoms with Crippen LogP contribution in [-0.4, -0.2) is 61.8 Å². The monoisotopic (exact) mass is 300 g/mol. The van der Waals surface area contributed by atoms with Crippen LogP contribution in [0.5, 0.6) is 0 Å². The van der Waals surface area contributed by atoms with Crippen LogP contribution >= 0.6 is 0 Å². The average molecular weight is 300 g/mol. The number of likely N-dealkylation sites (tertiary alicyclic amines) is 1. The first-order chi connectivity index (χ1) is 9.85. The number of carbonyl (C=O) groups excluding carboxylic acids is 1. The van der Waals surface area contributed by atoms with Crippen molar-refractivity contribution >= 4 is 11.9 Å². The summed E-state index contributed by atoms with van der Waals surface area (Å²) in [5.74, 6) is -0.989. The van der Waals surface area contributed by atoms with Gasteiger partial charge in [0.05, 0.1) is 12.5 Å². The Balaban J connectivity index is 2.24. The molecule has 0 unspecified atom stereocenters. The minimum Gasteiger partial charge on any atom is -0.481 e. The molecule has 6 heteroatoms. The van der Waals surface area contributed by atoms with Gasteiger partial charge in [-0.2, -0.15) is 0 Å². The van der Waals surface area contributed by atoms with E-state index >= 15 is 0 Å². The third-order valence-corrected chi connectivity index (χ3v) is 4.06. The van der Waals surface area contributed by atoms with Gasteiger partial charge < -0.3 is 20.1 Å². The normalized spacial score (nSPS) is 17.0. The molecule has 1 aliphatic rings. The molecule has 0 bridgehead atoms. The zero-order valence-corrected chi connectivity index (χ0v) is 13.4. The number of hydrogen-bond donors (Lipinski definition) is 2. The molecule has 0 aromatic heterocycles. The molecule has 0 aromatic rings. The summed E-state index contributed by atoms with van der Waals surface area (Å²) in [5, 5.41) is 12.1. The predicted molar refractivity (Wildman–Crippen MR) is 80.1 cm³/mol. The van der Waals surface area contributed by atoms with Gasteiger partial charge in [0.1, 0.15) is 0 Å². The fourth-order valence-corrected chi connectivity index (χ4v) is 2.46. The highest BCUT2D eigenvalue weighted by Crippen LogP contribution is 2.19. The van der Waals surface area contributed by atoms with Crippen LogP contribution in [-0.2, 0) is 14.3 Å². The number of amides is 1. The zero-order valence-electron chi connectivity index (χ0n) is 13.4. The van der Waals surface area contributed by atoms with E-state index in [1.807, 2.05) is 0 Å². The van der Waals surface area contributed by atoms with Crippen LogP contribution in [0.25, 0.3) is 0 Å². The maximum absolute atomic E-state index is 12.1. The Morgan fingerprint density at radius 3 is 2.48 bits per heavy atom. The number of nitrogens with one attached hydrogen (secondary N) is 1. The minimum absolute atomic E-state index is 0.0568. The van der Waals surface area contributed by atoms with E-state index in [1.54, 1.807) is 12.0 Å². The van der Waals surface area contributed by atoms with E-state index in [9.17, 15) is 9.59 Å². The molecule has 122 valence electrons. The maximum Gasteiger partial charge on any atom is 0.306 e. The lowest BCUT2D eigenvalue weighted by molar-refractivity contribution is -0.145. The van der Waals surface area contributed by atoms with E-state index in [4.69, 9.17) is 9.84 Å². The lowest BCUT2D eigenvalue weighted by Crippen LogP contribution is -2.45. The largest absolute Gasteiger partial charge is 0.481 e. The van der Waals surface area contributed by atoms with E-state index < -0.39 is 5.97 Å². The van der Waals surface area contributed by atoms with E-state index in [1.165, 1.54) is 0 Å². The van der Waals surface area contributed by atoms with Gasteiger partial charge >= 0.3 is 5.97 Å². The fourth-order valence-electron chi connectivity index (χ4n) is 2.46. The number of rotatable bonds is 8. The van der Waals surface area contributed by atoms with Crippen LogP contribution in [0.1, 0.15) is 33.1 Å². The van der Waals surface area contributed by atoms with Gasteiger partial charge in [-0.25, -0.2) is 0 Å². The van der Waals surface area contributed by atoms with Gasteiger partial charge in [-0.15, -0.1) is 0 Å². The molecule has 0 aliphatic carbocycles. The van der Waals surface area contributed by atoms with Crippen LogP contribution in [0, 0.1) is 11.3 Å². The predicted octanol–water partition coefficient (Wildman–Crippen LogP) is 0.962. The topological polar surface area (TPSA) is 78.9 Å². The molecular weight excluding hydrogens is 272 g/mol. The summed E-state index contributed by atoms with van der Waals surface area (Å²) in [5.41, 5.74) is 0.0899. The van der Waals surface area contributed by atoms with Crippen LogP contribution in [0.4, 0.5) is 0 Å². The van der Waals surface area contributed by atoms with E-state index in [2.05, 4.69) is 19.2 Å². The van der Waals surface area contributed by atoms with Gasteiger partial charge in [0.15, 0.2) is 0 Å². The van der Waals surface area contributed by atoms with Crippen molar-refractivity contribution in [2.24, 2.45) is 11.3 Å². The second-order valence-corrected chi connectivity index (χ2v) is 6.50. The van der Waals surface area contributed by atoms with Gasteiger partial charge in [-0.05, 0) is 24.7 Å². The molecule has 0 atom stereocenters. The summed E-state index contributed by atoms with van der Waals surface area (Å²) >= 11 is 0. The van der Waals surface area contributed by atoms with Crippen molar-refractivity contribution in [1.29, 1.82) is 0 Å². The smallest absolute Gasteiger partial charge is 0.306 e. The van der Waals surface area contributed by atoms with Crippen molar-refractivity contribution in [3.05, 3.63) is 0 Å². The molecule has 0 radical (unpaired) electrons. The molecule has 6 nitrogen and oxygen atoms in total. The molecule has 1 amide bonds. The van der Waals surface area contributed by atoms with Crippen molar-refractivity contribution in [2.45, 2.75) is 33.1 Å². The lowest BCUT2D eigenvalue weighted by atomic mass is 9.90. The second-order valence-electron chi connectivity index (χ2n) is 6.50. The third-order valence-electron chi connectivity index (χ3n) is 4.06. The molecule has 2 N–H and O–H groups in total. The molecule has 1 aliphatic heterocycles. The summed E-state index contributed by atoms with van der Waals surface area (Å²) in [6, 6.07) is 0. The van der Waals surface area contributed by atoms with Crippen LogP contribution < -0.4 is 5.32 Å². The standard InChI is InChI=1S/C15H28N2O4/c1-15(2,6-9-21-3)11-16-10-13(18)17-7-4-12(5-8-17)14(19)20/h12,16H,4-11H2,1-3H3,(H,19,20). The van der Waals surface area contributed by atoms with Crippen molar-refractivity contribution in [3.63, 3.8) is 0 Å². The van der Waals surface area contributed by atoms with Crippen LogP contribution in [0.15, 0.2) is 0 Å². The summed E-state index contributed by atoms with van der Waals surface area (Å²) in [6.45, 7) is 7.16. The Morgan fingerprint density at radius 1 is 1.33 bits per heavy atom. The van der Waals surface area contributed by atoms with Crippen molar-refractivity contribution < 1.29 is 19.4 Å². The Kier molecular flexibility index (Phi) is 7.11. The molecule has 1 saturated heterocycles. The summed E-state index contributed by atoms with van der Waals surface area (Å²) < 4.78 is 5.08. The maximum atomic E-state index is 12.1. The first kappa shape index (κ1) is 17.9. The first-order valence-corrected chi connectivity index (χ1v) is 7.56. The number of hydrogen-bond acceptors (Lipinski definition) is 4. The molecule has 0 aromatic carbocycles. The number of piperidine rings is 1. The van der Waals surface area contributed by atoms with E-state index in [0.29, 0.717) is 39.1 Å². The fraction of sp³-hybridized carbons (Fsp3) is 0.867. The molecule has 21 heavy (non-hydrogen) atoms. The molecule has 1 heterocycles. The highest BCUT2D eigenvalue weighted by atomic mass is 16.5. The van der Waals surface area contributed by atoms with Gasteiger partial charge in [-0.1, -0.05) is 13.8 Å². The highest BCUT2D eigenvalue weighted by Gasteiger charge is 2.27. The number of ether oxygens (including phenoxy) is 1. The Hall–Kier alpha value is -1.14. The Labute approximate surface area is 126 Å². The van der Waals surface area contributed by atoms with Crippen molar-refractivity contribution in [1.82, 2.24) is 10.2 Å². The van der Waals surface area contributed by atoms with Crippen molar-refractivity contribution in [3.8, 4) is 0 Å². The molecule has 0 saturated carbocycles. The van der Waals surface area contributed by atoms with Crippen LogP contribution in [0.3, 0.4) is 0 Å². The zero-order chi connectivity index (χ0) is 15.9. The lowest BCUT2D eigenvalue weighted by Gasteiger charge is -2.31. The number of methoxy groups -OCH3 is 1. The first-order valence-electron chi connectivity index (χ1n) is 7.56. The quantitative estimate of drug-likeness (QED) is 0.698. The molecule has 0 spiro atoms. The number of carbonyl (C=O) groups is 2. The van der Waals surface area contributed by atoms with E-state index in [-0.39, 0.29) is 17.2 Å². The summed E-state index contributed by atoms with van der Waals surface area (Å²) in [7, 11) is 1.69. The van der Waals surface area contributed by atoms with Gasteiger partial charge in [0, 0.05) is 33.4 Å². The SMILES string of the molecule is COCCC(C)(C)CNCC(=O)N1CCC(C(=O)O)CC1. The van der Waals surface area contributed by atoms with E-state index in [0.717, 1.165) is 13.0 Å². The Morgan fingerprint density at radius 2 is 1.95 bits per heavy atom. The van der Waals surface area contributed by atoms with Crippen LogP contribution in [0.2, 0.25) is 0 Å². The van der Waals surface area contributed by atoms with Gasteiger partial charge in [0.2, 0.25) is 5.91 Å². The molecule has 1 rings (SSSR count). The van der Waals surface area contributed by atoms with Gasteiger partial charge in [-0.3, -0.25) is 9.59 Å². The number of aliphatic carboxylic acids is 1. The highest BCUT2D eigenvalue weighted by molar-refractivity contribution is 5.78. The second kappa shape index (κ2) is 8.34. The number of carboxylic acids is 1.